The Bertz CT molecular complexity index is 465. The van der Waals surface area contributed by atoms with E-state index in [0.717, 1.165) is 25.7 Å². The summed E-state index contributed by atoms with van der Waals surface area (Å²) >= 11 is 0. The van der Waals surface area contributed by atoms with Gasteiger partial charge in [-0.1, -0.05) is 6.08 Å². The van der Waals surface area contributed by atoms with Crippen molar-refractivity contribution in [2.75, 3.05) is 0 Å². The summed E-state index contributed by atoms with van der Waals surface area (Å²) in [6, 6.07) is 2.67. The molecule has 1 aliphatic rings. The first-order valence-corrected chi connectivity index (χ1v) is 6.38. The van der Waals surface area contributed by atoms with Crippen molar-refractivity contribution in [3.05, 3.63) is 41.7 Å². The Morgan fingerprint density at radius 1 is 1.11 bits per heavy atom. The third-order valence-corrected chi connectivity index (χ3v) is 3.79. The van der Waals surface area contributed by atoms with Crippen LogP contribution in [0.5, 0.6) is 0 Å². The van der Waals surface area contributed by atoms with Gasteiger partial charge in [0.1, 0.15) is 5.69 Å². The Hall–Kier alpha value is -1.58. The summed E-state index contributed by atoms with van der Waals surface area (Å²) in [5, 5.41) is 0. The van der Waals surface area contributed by atoms with Gasteiger partial charge in [-0.15, -0.1) is 0 Å². The molecule has 1 fully saturated rings. The number of allylic oxidation sites excluding steroid dienone is 1. The van der Waals surface area contributed by atoms with Gasteiger partial charge in [0.25, 0.3) is 0 Å². The molecule has 102 valence electrons. The molecule has 1 nitrogen and oxygen atoms in total. The third kappa shape index (κ3) is 3.06. The van der Waals surface area contributed by atoms with Crippen LogP contribution in [0.4, 0.5) is 18.9 Å². The lowest BCUT2D eigenvalue weighted by molar-refractivity contribution is 0.372. The number of nitrogens with zero attached hydrogens (tertiary/aromatic N) is 1. The Morgan fingerprint density at radius 2 is 1.68 bits per heavy atom. The molecule has 0 radical (unpaired) electrons. The van der Waals surface area contributed by atoms with E-state index < -0.39 is 11.6 Å². The summed E-state index contributed by atoms with van der Waals surface area (Å²) in [5.41, 5.74) is 0.336. The maximum Gasteiger partial charge on any atom is 0.152 e. The predicted molar refractivity (Wildman–Crippen MR) is 70.5 cm³/mol. The fraction of sp³-hybridized carbons (Fsp3) is 0.400. The second kappa shape index (κ2) is 6.04. The fourth-order valence-electron chi connectivity index (χ4n) is 2.72. The third-order valence-electron chi connectivity index (χ3n) is 3.79. The highest BCUT2D eigenvalue weighted by Crippen LogP contribution is 2.38. The van der Waals surface area contributed by atoms with Gasteiger partial charge in [-0.2, -0.15) is 0 Å². The number of halogens is 3. The number of rotatable bonds is 3. The number of hydrogen-bond acceptors (Lipinski definition) is 1. The van der Waals surface area contributed by atoms with E-state index in [4.69, 9.17) is 0 Å². The molecular formula is C15H16F3N. The highest BCUT2D eigenvalue weighted by Gasteiger charge is 2.23. The van der Waals surface area contributed by atoms with Crippen molar-refractivity contribution in [3.63, 3.8) is 0 Å². The molecule has 0 aliphatic heterocycles. The molecular weight excluding hydrogens is 251 g/mol. The van der Waals surface area contributed by atoms with Crippen LogP contribution in [-0.4, -0.2) is 6.72 Å². The van der Waals surface area contributed by atoms with Gasteiger partial charge < -0.3 is 0 Å². The second-order valence-electron chi connectivity index (χ2n) is 4.92. The molecule has 0 saturated heterocycles. The average Bonchev–Trinajstić information content (AvgIpc) is 2.39. The van der Waals surface area contributed by atoms with Gasteiger partial charge in [0, 0.05) is 0 Å². The maximum absolute atomic E-state index is 13.6. The molecule has 1 saturated carbocycles. The minimum Gasteiger partial charge on any atom is -0.258 e. The summed E-state index contributed by atoms with van der Waals surface area (Å²) in [5.74, 6) is -0.969. The summed E-state index contributed by atoms with van der Waals surface area (Å²) in [6.45, 7) is 3.15. The Balaban J connectivity index is 2.14. The Kier molecular flexibility index (Phi) is 4.40. The van der Waals surface area contributed by atoms with Crippen LogP contribution in [0.15, 0.2) is 29.5 Å². The molecule has 0 aromatic heterocycles. The van der Waals surface area contributed by atoms with Gasteiger partial charge in [0.05, 0.1) is 6.33 Å². The zero-order valence-electron chi connectivity index (χ0n) is 10.6. The van der Waals surface area contributed by atoms with Crippen molar-refractivity contribution in [1.82, 2.24) is 0 Å². The smallest absolute Gasteiger partial charge is 0.152 e. The number of benzene rings is 1. The van der Waals surface area contributed by atoms with Gasteiger partial charge >= 0.3 is 0 Å². The molecule has 0 amide bonds. The average molecular weight is 267 g/mol. The van der Waals surface area contributed by atoms with E-state index in [9.17, 15) is 13.2 Å². The molecule has 2 rings (SSSR count). The summed E-state index contributed by atoms with van der Waals surface area (Å²) < 4.78 is 39.3. The zero-order chi connectivity index (χ0) is 13.8. The minimum absolute atomic E-state index is 0.132. The molecule has 0 heterocycles. The summed E-state index contributed by atoms with van der Waals surface area (Å²) in [6.07, 6.45) is 5.45. The number of hydrogen-bond donors (Lipinski definition) is 0. The molecule has 1 aromatic carbocycles. The highest BCUT2D eigenvalue weighted by molar-refractivity contribution is 5.49. The van der Waals surface area contributed by atoms with E-state index >= 15 is 0 Å². The van der Waals surface area contributed by atoms with Gasteiger partial charge in [-0.25, -0.2) is 13.2 Å². The van der Waals surface area contributed by atoms with Crippen LogP contribution in [0.3, 0.4) is 0 Å². The molecule has 0 bridgehead atoms. The van der Waals surface area contributed by atoms with Crippen molar-refractivity contribution >= 4 is 12.4 Å². The van der Waals surface area contributed by atoms with Gasteiger partial charge in [0.2, 0.25) is 0 Å². The topological polar surface area (TPSA) is 12.4 Å². The van der Waals surface area contributed by atoms with Crippen LogP contribution in [0.1, 0.15) is 37.2 Å². The van der Waals surface area contributed by atoms with Crippen LogP contribution < -0.4 is 0 Å². The van der Waals surface area contributed by atoms with Crippen LogP contribution in [0, 0.1) is 17.6 Å². The van der Waals surface area contributed by atoms with Crippen molar-refractivity contribution < 1.29 is 13.2 Å². The molecule has 0 spiro atoms. The minimum atomic E-state index is -0.671. The van der Waals surface area contributed by atoms with Crippen LogP contribution in [-0.2, 0) is 0 Å². The molecule has 0 atom stereocenters. The lowest BCUT2D eigenvalue weighted by Crippen LogP contribution is -2.12. The number of aliphatic imine (C=N–C) groups is 1. The van der Waals surface area contributed by atoms with E-state index in [0.29, 0.717) is 11.9 Å². The monoisotopic (exact) mass is 267 g/mol. The quantitative estimate of drug-likeness (QED) is 0.679. The summed E-state index contributed by atoms with van der Waals surface area (Å²) in [4.78, 5) is 3.34. The van der Waals surface area contributed by atoms with E-state index in [1.165, 1.54) is 12.1 Å². The molecule has 0 N–H and O–H groups in total. The zero-order valence-corrected chi connectivity index (χ0v) is 10.6. The Labute approximate surface area is 110 Å². The first kappa shape index (κ1) is 13.8. The SMILES string of the molecule is C=Nc1c(F)cc(C2CCC(/C=C/F)CC2)cc1F. The van der Waals surface area contributed by atoms with Gasteiger partial charge in [-0.05, 0) is 61.9 Å². The van der Waals surface area contributed by atoms with Crippen molar-refractivity contribution in [2.24, 2.45) is 10.9 Å². The molecule has 0 unspecified atom stereocenters. The normalized spacial score (nSPS) is 23.7. The first-order valence-electron chi connectivity index (χ1n) is 6.38. The van der Waals surface area contributed by atoms with E-state index in [1.807, 2.05) is 0 Å². The standard InChI is InChI=1S/C15H16F3N/c1-19-15-13(17)8-12(9-14(15)18)11-4-2-10(3-5-11)6-7-16/h6-11H,1-5H2/b7-6+. The van der Waals surface area contributed by atoms with Crippen LogP contribution >= 0.6 is 0 Å². The van der Waals surface area contributed by atoms with E-state index in [1.54, 1.807) is 6.08 Å². The largest absolute Gasteiger partial charge is 0.258 e. The van der Waals surface area contributed by atoms with Crippen molar-refractivity contribution in [1.29, 1.82) is 0 Å². The van der Waals surface area contributed by atoms with E-state index in [-0.39, 0.29) is 17.5 Å². The van der Waals surface area contributed by atoms with E-state index in [2.05, 4.69) is 11.7 Å². The fourth-order valence-corrected chi connectivity index (χ4v) is 2.72. The Morgan fingerprint density at radius 3 is 2.16 bits per heavy atom. The summed E-state index contributed by atoms with van der Waals surface area (Å²) in [7, 11) is 0. The predicted octanol–water partition coefficient (Wildman–Crippen LogP) is 5.05. The molecule has 19 heavy (non-hydrogen) atoms. The maximum atomic E-state index is 13.6. The lowest BCUT2D eigenvalue weighted by Gasteiger charge is -2.27. The lowest BCUT2D eigenvalue weighted by atomic mass is 9.78. The van der Waals surface area contributed by atoms with Crippen molar-refractivity contribution in [2.45, 2.75) is 31.6 Å². The molecule has 4 heteroatoms. The van der Waals surface area contributed by atoms with Crippen LogP contribution in [0.25, 0.3) is 0 Å². The molecule has 1 aromatic rings. The first-order chi connectivity index (χ1) is 9.15. The highest BCUT2D eigenvalue weighted by atomic mass is 19.1. The second-order valence-corrected chi connectivity index (χ2v) is 4.92. The van der Waals surface area contributed by atoms with Gasteiger partial charge in [-0.3, -0.25) is 4.99 Å². The van der Waals surface area contributed by atoms with Crippen molar-refractivity contribution in [3.8, 4) is 0 Å². The van der Waals surface area contributed by atoms with Crippen LogP contribution in [0.2, 0.25) is 0 Å². The molecule has 1 aliphatic carbocycles. The van der Waals surface area contributed by atoms with Gasteiger partial charge in [0.15, 0.2) is 11.6 Å².